The molecule has 0 bridgehead atoms. The number of hydrogen-bond donors (Lipinski definition) is 2. The summed E-state index contributed by atoms with van der Waals surface area (Å²) < 4.78 is 15.2. The number of rotatable bonds is 7. The van der Waals surface area contributed by atoms with Gasteiger partial charge in [0.1, 0.15) is 6.61 Å². The highest BCUT2D eigenvalue weighted by atomic mass is 16.5. The average molecular weight is 232 g/mol. The Balaban J connectivity index is 2.13. The lowest BCUT2D eigenvalue weighted by Gasteiger charge is -2.18. The summed E-state index contributed by atoms with van der Waals surface area (Å²) in [5.41, 5.74) is 0. The Morgan fingerprint density at radius 2 is 2.19 bits per heavy atom. The molecule has 0 spiro atoms. The Morgan fingerprint density at radius 1 is 1.38 bits per heavy atom. The van der Waals surface area contributed by atoms with E-state index in [1.165, 1.54) is 0 Å². The zero-order valence-electron chi connectivity index (χ0n) is 9.82. The number of methoxy groups -OCH3 is 2. The maximum absolute atomic E-state index is 11.5. The largest absolute Gasteiger partial charge is 0.382 e. The SMILES string of the molecule is COCCOCC(=O)NC1CNC[C@@H]1OC. The van der Waals surface area contributed by atoms with Gasteiger partial charge in [0.15, 0.2) is 0 Å². The Bertz CT molecular complexity index is 213. The summed E-state index contributed by atoms with van der Waals surface area (Å²) in [7, 11) is 3.24. The monoisotopic (exact) mass is 232 g/mol. The van der Waals surface area contributed by atoms with Gasteiger partial charge in [0.2, 0.25) is 5.91 Å². The van der Waals surface area contributed by atoms with E-state index in [9.17, 15) is 4.79 Å². The first-order chi connectivity index (χ1) is 7.77. The lowest BCUT2D eigenvalue weighted by molar-refractivity contribution is -0.127. The molecule has 0 aromatic heterocycles. The maximum Gasteiger partial charge on any atom is 0.246 e. The second-order valence-electron chi connectivity index (χ2n) is 3.65. The molecule has 6 nitrogen and oxygen atoms in total. The van der Waals surface area contributed by atoms with Crippen LogP contribution in [0.1, 0.15) is 0 Å². The van der Waals surface area contributed by atoms with Crippen LogP contribution in [0.5, 0.6) is 0 Å². The third-order valence-corrected chi connectivity index (χ3v) is 2.47. The number of hydrogen-bond acceptors (Lipinski definition) is 5. The summed E-state index contributed by atoms with van der Waals surface area (Å²) in [6.45, 7) is 2.50. The van der Waals surface area contributed by atoms with E-state index in [0.717, 1.165) is 13.1 Å². The fraction of sp³-hybridized carbons (Fsp3) is 0.900. The first-order valence-corrected chi connectivity index (χ1v) is 5.37. The molecular weight excluding hydrogens is 212 g/mol. The van der Waals surface area contributed by atoms with Crippen LogP contribution in [-0.2, 0) is 19.0 Å². The number of ether oxygens (including phenoxy) is 3. The van der Waals surface area contributed by atoms with Gasteiger partial charge < -0.3 is 24.8 Å². The molecule has 6 heteroatoms. The van der Waals surface area contributed by atoms with Crippen LogP contribution in [0.3, 0.4) is 0 Å². The summed E-state index contributed by atoms with van der Waals surface area (Å²) in [6, 6.07) is 0.0310. The first-order valence-electron chi connectivity index (χ1n) is 5.37. The molecule has 1 aliphatic heterocycles. The molecule has 1 saturated heterocycles. The van der Waals surface area contributed by atoms with Gasteiger partial charge in [-0.25, -0.2) is 0 Å². The smallest absolute Gasteiger partial charge is 0.246 e. The molecule has 0 aromatic rings. The third-order valence-electron chi connectivity index (χ3n) is 2.47. The van der Waals surface area contributed by atoms with Crippen molar-refractivity contribution < 1.29 is 19.0 Å². The van der Waals surface area contributed by atoms with Gasteiger partial charge in [-0.1, -0.05) is 0 Å². The van der Waals surface area contributed by atoms with Gasteiger partial charge in [0.05, 0.1) is 25.4 Å². The standard InChI is InChI=1S/C10H20N2O4/c1-14-3-4-16-7-10(13)12-8-5-11-6-9(8)15-2/h8-9,11H,3-7H2,1-2H3,(H,12,13)/t8?,9-/m0/s1. The molecule has 0 aromatic carbocycles. The lowest BCUT2D eigenvalue weighted by Crippen LogP contribution is -2.45. The van der Waals surface area contributed by atoms with E-state index in [0.29, 0.717) is 13.2 Å². The minimum absolute atomic E-state index is 0.0310. The third kappa shape index (κ3) is 4.44. The van der Waals surface area contributed by atoms with E-state index in [-0.39, 0.29) is 24.7 Å². The van der Waals surface area contributed by atoms with Gasteiger partial charge >= 0.3 is 0 Å². The summed E-state index contributed by atoms with van der Waals surface area (Å²) in [5, 5.41) is 6.02. The van der Waals surface area contributed by atoms with Crippen LogP contribution in [-0.4, -0.2) is 65.2 Å². The maximum atomic E-state index is 11.5. The van der Waals surface area contributed by atoms with Gasteiger partial charge in [-0.2, -0.15) is 0 Å². The highest BCUT2D eigenvalue weighted by Crippen LogP contribution is 2.03. The molecule has 94 valence electrons. The van der Waals surface area contributed by atoms with Crippen molar-refractivity contribution in [2.45, 2.75) is 12.1 Å². The van der Waals surface area contributed by atoms with Crippen LogP contribution in [0.15, 0.2) is 0 Å². The number of carbonyl (C=O) groups is 1. The van der Waals surface area contributed by atoms with Crippen LogP contribution in [0.4, 0.5) is 0 Å². The topological polar surface area (TPSA) is 68.8 Å². The Morgan fingerprint density at radius 3 is 2.88 bits per heavy atom. The van der Waals surface area contributed by atoms with Crippen molar-refractivity contribution in [1.82, 2.24) is 10.6 Å². The molecule has 1 amide bonds. The first kappa shape index (κ1) is 13.4. The van der Waals surface area contributed by atoms with Crippen LogP contribution in [0.2, 0.25) is 0 Å². The van der Waals surface area contributed by atoms with Gasteiger partial charge in [0, 0.05) is 27.3 Å². The molecule has 1 rings (SSSR count). The predicted octanol–water partition coefficient (Wildman–Crippen LogP) is -1.25. The zero-order chi connectivity index (χ0) is 11.8. The van der Waals surface area contributed by atoms with Crippen LogP contribution >= 0.6 is 0 Å². The summed E-state index contributed by atoms with van der Waals surface area (Å²) in [4.78, 5) is 11.5. The number of carbonyl (C=O) groups excluding carboxylic acids is 1. The van der Waals surface area contributed by atoms with E-state index >= 15 is 0 Å². The van der Waals surface area contributed by atoms with Crippen molar-refractivity contribution in [3.63, 3.8) is 0 Å². The number of amides is 1. The zero-order valence-corrected chi connectivity index (χ0v) is 9.82. The molecular formula is C10H20N2O4. The van der Waals surface area contributed by atoms with Crippen LogP contribution < -0.4 is 10.6 Å². The fourth-order valence-corrected chi connectivity index (χ4v) is 1.60. The molecule has 16 heavy (non-hydrogen) atoms. The Labute approximate surface area is 95.6 Å². The van der Waals surface area contributed by atoms with Crippen molar-refractivity contribution in [2.75, 3.05) is 47.1 Å². The highest BCUT2D eigenvalue weighted by molar-refractivity contribution is 5.77. The Kier molecular flexibility index (Phi) is 6.32. The normalized spacial score (nSPS) is 24.6. The van der Waals surface area contributed by atoms with E-state index < -0.39 is 0 Å². The highest BCUT2D eigenvalue weighted by Gasteiger charge is 2.27. The molecule has 0 radical (unpaired) electrons. The average Bonchev–Trinajstić information content (AvgIpc) is 2.71. The summed E-state index contributed by atoms with van der Waals surface area (Å²) in [5.74, 6) is -0.119. The molecule has 1 fully saturated rings. The predicted molar refractivity (Wildman–Crippen MR) is 58.3 cm³/mol. The lowest BCUT2D eigenvalue weighted by atomic mass is 10.2. The molecule has 1 heterocycles. The fourth-order valence-electron chi connectivity index (χ4n) is 1.60. The van der Waals surface area contributed by atoms with Crippen molar-refractivity contribution in [2.24, 2.45) is 0 Å². The van der Waals surface area contributed by atoms with Gasteiger partial charge in [-0.05, 0) is 0 Å². The second-order valence-corrected chi connectivity index (χ2v) is 3.65. The molecule has 1 unspecified atom stereocenters. The second kappa shape index (κ2) is 7.56. The minimum atomic E-state index is -0.119. The quantitative estimate of drug-likeness (QED) is 0.537. The molecule has 2 atom stereocenters. The summed E-state index contributed by atoms with van der Waals surface area (Å²) >= 11 is 0. The van der Waals surface area contributed by atoms with Crippen molar-refractivity contribution in [3.8, 4) is 0 Å². The van der Waals surface area contributed by atoms with E-state index in [4.69, 9.17) is 14.2 Å². The van der Waals surface area contributed by atoms with Crippen molar-refractivity contribution in [3.05, 3.63) is 0 Å². The Hall–Kier alpha value is -0.690. The van der Waals surface area contributed by atoms with Gasteiger partial charge in [-0.15, -0.1) is 0 Å². The van der Waals surface area contributed by atoms with E-state index in [1.807, 2.05) is 0 Å². The van der Waals surface area contributed by atoms with Gasteiger partial charge in [-0.3, -0.25) is 4.79 Å². The van der Waals surface area contributed by atoms with Crippen molar-refractivity contribution in [1.29, 1.82) is 0 Å². The van der Waals surface area contributed by atoms with E-state index in [1.54, 1.807) is 14.2 Å². The van der Waals surface area contributed by atoms with Crippen LogP contribution in [0, 0.1) is 0 Å². The molecule has 0 saturated carbocycles. The van der Waals surface area contributed by atoms with Crippen molar-refractivity contribution >= 4 is 5.91 Å². The van der Waals surface area contributed by atoms with E-state index in [2.05, 4.69) is 10.6 Å². The molecule has 1 aliphatic rings. The number of nitrogens with one attached hydrogen (secondary N) is 2. The molecule has 0 aliphatic carbocycles. The molecule has 2 N–H and O–H groups in total. The summed E-state index contributed by atoms with van der Waals surface area (Å²) in [6.07, 6.45) is 0.0444. The van der Waals surface area contributed by atoms with Gasteiger partial charge in [0.25, 0.3) is 0 Å². The minimum Gasteiger partial charge on any atom is -0.382 e. The van der Waals surface area contributed by atoms with Crippen LogP contribution in [0.25, 0.3) is 0 Å².